The molecule has 9 heteroatoms. The highest BCUT2D eigenvalue weighted by Crippen LogP contribution is 2.43. The van der Waals surface area contributed by atoms with E-state index in [-0.39, 0.29) is 18.1 Å². The lowest BCUT2D eigenvalue weighted by atomic mass is 9.94. The van der Waals surface area contributed by atoms with Crippen molar-refractivity contribution in [2.75, 3.05) is 37.2 Å². The molecule has 1 aromatic carbocycles. The van der Waals surface area contributed by atoms with Crippen molar-refractivity contribution in [3.8, 4) is 0 Å². The summed E-state index contributed by atoms with van der Waals surface area (Å²) in [5, 5.41) is 3.63. The summed E-state index contributed by atoms with van der Waals surface area (Å²) in [6, 6.07) is 6.87. The third-order valence-electron chi connectivity index (χ3n) is 7.30. The minimum atomic E-state index is -3.24. The normalized spacial score (nSPS) is 19.9. The molecule has 0 spiro atoms. The molecule has 1 saturated heterocycles. The molecule has 4 rings (SSSR count). The number of amides is 1. The van der Waals surface area contributed by atoms with Gasteiger partial charge in [0.15, 0.2) is 15.0 Å². The van der Waals surface area contributed by atoms with Crippen LogP contribution in [0.1, 0.15) is 62.7 Å². The number of benzene rings is 1. The lowest BCUT2D eigenvalue weighted by molar-refractivity contribution is -0.115. The van der Waals surface area contributed by atoms with Crippen LogP contribution in [0.5, 0.6) is 0 Å². The maximum atomic E-state index is 12.7. The molecule has 1 aromatic heterocycles. The van der Waals surface area contributed by atoms with Crippen LogP contribution < -0.4 is 5.32 Å². The Hall–Kier alpha value is -1.81. The Balaban J connectivity index is 1.36. The Labute approximate surface area is 213 Å². The van der Waals surface area contributed by atoms with Crippen LogP contribution in [0, 0.1) is 11.8 Å². The zero-order valence-corrected chi connectivity index (χ0v) is 22.9. The van der Waals surface area contributed by atoms with Crippen molar-refractivity contribution in [3.63, 3.8) is 0 Å². The van der Waals surface area contributed by atoms with Crippen molar-refractivity contribution < 1.29 is 13.2 Å². The first-order chi connectivity index (χ1) is 16.7. The molecule has 2 aliphatic rings. The molecule has 2 aliphatic heterocycles. The van der Waals surface area contributed by atoms with Gasteiger partial charge in [0.25, 0.3) is 0 Å². The third-order valence-corrected chi connectivity index (χ3v) is 10.0. The van der Waals surface area contributed by atoms with E-state index in [1.165, 1.54) is 30.8 Å². The summed E-state index contributed by atoms with van der Waals surface area (Å²) < 4.78 is 24.0. The molecular weight excluding hydrogens is 480 g/mol. The Morgan fingerprint density at radius 3 is 2.46 bits per heavy atom. The van der Waals surface area contributed by atoms with Crippen LogP contribution >= 0.6 is 11.3 Å². The molecule has 0 bridgehead atoms. The molecule has 192 valence electrons. The first-order valence-electron chi connectivity index (χ1n) is 12.8. The number of hydrogen-bond acceptors (Lipinski definition) is 7. The number of aromatic nitrogens is 1. The van der Waals surface area contributed by atoms with Crippen molar-refractivity contribution in [3.05, 3.63) is 40.4 Å². The number of carbonyl (C=O) groups excluding carboxylic acids is 1. The molecule has 1 N–H and O–H groups in total. The molecule has 1 atom stereocenters. The van der Waals surface area contributed by atoms with Gasteiger partial charge in [-0.05, 0) is 62.0 Å². The summed E-state index contributed by atoms with van der Waals surface area (Å²) in [5.41, 5.74) is 1.91. The van der Waals surface area contributed by atoms with Gasteiger partial charge in [0.05, 0.1) is 28.8 Å². The molecule has 0 saturated carbocycles. The lowest BCUT2D eigenvalue weighted by Crippen LogP contribution is -2.39. The molecule has 3 heterocycles. The average Bonchev–Trinajstić information content (AvgIpc) is 3.36. The van der Waals surface area contributed by atoms with Crippen LogP contribution in [-0.2, 0) is 27.6 Å². The van der Waals surface area contributed by atoms with E-state index in [9.17, 15) is 13.2 Å². The largest absolute Gasteiger partial charge is 0.304 e. The van der Waals surface area contributed by atoms with Crippen molar-refractivity contribution in [2.24, 2.45) is 11.8 Å². The van der Waals surface area contributed by atoms with Gasteiger partial charge in [-0.25, -0.2) is 13.4 Å². The summed E-state index contributed by atoms with van der Waals surface area (Å²) in [6.07, 6.45) is 2.72. The number of sulfone groups is 1. The number of carbonyl (C=O) groups is 1. The minimum Gasteiger partial charge on any atom is -0.304 e. The average molecular weight is 519 g/mol. The van der Waals surface area contributed by atoms with Gasteiger partial charge in [-0.2, -0.15) is 0 Å². The van der Waals surface area contributed by atoms with E-state index >= 15 is 0 Å². The number of fused-ring (bicyclic) bond motifs is 1. The molecule has 1 fully saturated rings. The highest BCUT2D eigenvalue weighted by molar-refractivity contribution is 7.91. The van der Waals surface area contributed by atoms with Gasteiger partial charge in [0.1, 0.15) is 0 Å². The number of thiazole rings is 1. The second-order valence-corrected chi connectivity index (χ2v) is 13.5. The predicted molar refractivity (Wildman–Crippen MR) is 141 cm³/mol. The van der Waals surface area contributed by atoms with Crippen LogP contribution in [-0.4, -0.2) is 61.0 Å². The quantitative estimate of drug-likeness (QED) is 0.531. The molecule has 0 radical (unpaired) electrons. The topological polar surface area (TPSA) is 82.6 Å². The highest BCUT2D eigenvalue weighted by atomic mass is 32.2. The zero-order chi connectivity index (χ0) is 25.2. The van der Waals surface area contributed by atoms with E-state index in [2.05, 4.69) is 35.9 Å². The number of nitrogens with zero attached hydrogens (tertiary/aromatic N) is 3. The van der Waals surface area contributed by atoms with Crippen LogP contribution in [0.3, 0.4) is 0 Å². The van der Waals surface area contributed by atoms with Crippen LogP contribution in [0.15, 0.2) is 29.2 Å². The smallest absolute Gasteiger partial charge is 0.230 e. The van der Waals surface area contributed by atoms with Gasteiger partial charge in [-0.15, -0.1) is 11.3 Å². The Kier molecular flexibility index (Phi) is 8.30. The van der Waals surface area contributed by atoms with Crippen molar-refractivity contribution >= 4 is 32.2 Å². The van der Waals surface area contributed by atoms with Gasteiger partial charge in [-0.1, -0.05) is 39.8 Å². The van der Waals surface area contributed by atoms with E-state index in [1.807, 2.05) is 0 Å². The molecule has 7 nitrogen and oxygen atoms in total. The summed E-state index contributed by atoms with van der Waals surface area (Å²) in [5.74, 6) is 1.12. The molecule has 0 aliphatic carbocycles. The molecule has 2 aromatic rings. The number of hydrogen-bond donors (Lipinski definition) is 1. The Bertz CT molecular complexity index is 1120. The van der Waals surface area contributed by atoms with Crippen molar-refractivity contribution in [1.29, 1.82) is 0 Å². The van der Waals surface area contributed by atoms with E-state index in [1.54, 1.807) is 42.5 Å². The lowest BCUT2D eigenvalue weighted by Gasteiger charge is -2.36. The summed E-state index contributed by atoms with van der Waals surface area (Å²) >= 11 is 1.59. The summed E-state index contributed by atoms with van der Waals surface area (Å²) in [7, 11) is -3.24. The highest BCUT2D eigenvalue weighted by Gasteiger charge is 2.37. The summed E-state index contributed by atoms with van der Waals surface area (Å²) in [6.45, 7) is 14.0. The van der Waals surface area contributed by atoms with Gasteiger partial charge < -0.3 is 10.2 Å². The molecule has 0 unspecified atom stereocenters. The monoisotopic (exact) mass is 518 g/mol. The predicted octanol–water partition coefficient (Wildman–Crippen LogP) is 4.36. The maximum Gasteiger partial charge on any atom is 0.230 e. The number of nitrogens with one attached hydrogen (secondary N) is 1. The SMILES string of the molecule is CCN1CCC(CN2Cc3sc(NC(=O)Cc4ccc(S(=O)(=O)CC)cc4)nc3[C@@H]2C(C)C)CC1. The molecular formula is C26H38N4O3S2. The first kappa shape index (κ1) is 26.3. The Morgan fingerprint density at radius 2 is 1.86 bits per heavy atom. The van der Waals surface area contributed by atoms with Crippen LogP contribution in [0.25, 0.3) is 0 Å². The van der Waals surface area contributed by atoms with Crippen LogP contribution in [0.2, 0.25) is 0 Å². The van der Waals surface area contributed by atoms with Gasteiger partial charge in [0.2, 0.25) is 5.91 Å². The van der Waals surface area contributed by atoms with E-state index < -0.39 is 9.84 Å². The van der Waals surface area contributed by atoms with E-state index in [4.69, 9.17) is 4.98 Å². The first-order valence-corrected chi connectivity index (χ1v) is 15.2. The van der Waals surface area contributed by atoms with Gasteiger partial charge in [0, 0.05) is 18.0 Å². The number of rotatable bonds is 9. The van der Waals surface area contributed by atoms with Crippen molar-refractivity contribution in [1.82, 2.24) is 14.8 Å². The fourth-order valence-corrected chi connectivity index (χ4v) is 7.21. The maximum absolute atomic E-state index is 12.7. The minimum absolute atomic E-state index is 0.0640. The van der Waals surface area contributed by atoms with Gasteiger partial charge in [-0.3, -0.25) is 9.69 Å². The second-order valence-electron chi connectivity index (χ2n) is 10.1. The fourth-order valence-electron chi connectivity index (χ4n) is 5.28. The van der Waals surface area contributed by atoms with Crippen LogP contribution in [0.4, 0.5) is 5.13 Å². The number of likely N-dealkylation sites (tertiary alicyclic amines) is 1. The third kappa shape index (κ3) is 6.13. The molecule has 35 heavy (non-hydrogen) atoms. The number of piperidine rings is 1. The Morgan fingerprint density at radius 1 is 1.17 bits per heavy atom. The summed E-state index contributed by atoms with van der Waals surface area (Å²) in [4.78, 5) is 24.2. The fraction of sp³-hybridized carbons (Fsp3) is 0.615. The van der Waals surface area contributed by atoms with E-state index in [0.717, 1.165) is 36.8 Å². The van der Waals surface area contributed by atoms with Crippen molar-refractivity contribution in [2.45, 2.75) is 64.4 Å². The zero-order valence-electron chi connectivity index (χ0n) is 21.3. The van der Waals surface area contributed by atoms with E-state index in [0.29, 0.717) is 22.0 Å². The second kappa shape index (κ2) is 11.1. The molecule has 1 amide bonds. The van der Waals surface area contributed by atoms with Gasteiger partial charge >= 0.3 is 0 Å². The number of anilines is 1. The standard InChI is InChI=1S/C26H38N4O3S2/c1-5-29-13-11-20(12-14-29)16-30-17-22-24(25(30)18(3)4)28-26(34-22)27-23(31)15-19-7-9-21(10-8-19)35(32,33)6-2/h7-10,18,20,25H,5-6,11-17H2,1-4H3,(H,27,28,31)/t25-/m0/s1.